The standard InChI is InChI=1S/C53H34N4/c1-4-14-36(15-5-1)46-33-30-39-27-28-40-31-34-47(55-52(40)51(39)54-46)37-23-25-38(26-24-37)50-45-32-29-35-13-10-11-20-43(35)49(45)44-21-12-22-48(53(44)56-50)57(41-16-6-2-7-17-41)42-18-8-3-9-19-42/h1-34H. The molecule has 0 bridgehead atoms. The third kappa shape index (κ3) is 5.66. The molecule has 0 aliphatic carbocycles. The van der Waals surface area contributed by atoms with E-state index in [0.717, 1.165) is 88.9 Å². The van der Waals surface area contributed by atoms with Crippen molar-refractivity contribution in [2.45, 2.75) is 0 Å². The molecular weight excluding hydrogens is 693 g/mol. The highest BCUT2D eigenvalue weighted by molar-refractivity contribution is 6.24. The van der Waals surface area contributed by atoms with Gasteiger partial charge in [0.15, 0.2) is 0 Å². The van der Waals surface area contributed by atoms with Crippen LogP contribution in [0.5, 0.6) is 0 Å². The Morgan fingerprint density at radius 3 is 1.46 bits per heavy atom. The predicted octanol–water partition coefficient (Wildman–Crippen LogP) is 14.1. The van der Waals surface area contributed by atoms with Gasteiger partial charge >= 0.3 is 0 Å². The molecule has 4 nitrogen and oxygen atoms in total. The van der Waals surface area contributed by atoms with Crippen molar-refractivity contribution < 1.29 is 0 Å². The van der Waals surface area contributed by atoms with E-state index >= 15 is 0 Å². The maximum absolute atomic E-state index is 5.60. The Hall–Kier alpha value is -7.69. The van der Waals surface area contributed by atoms with Crippen LogP contribution in [0, 0.1) is 0 Å². The number of aromatic nitrogens is 3. The van der Waals surface area contributed by atoms with Gasteiger partial charge < -0.3 is 4.90 Å². The normalized spacial score (nSPS) is 11.5. The highest BCUT2D eigenvalue weighted by atomic mass is 15.1. The fourth-order valence-electron chi connectivity index (χ4n) is 8.26. The minimum absolute atomic E-state index is 0.898. The average molecular weight is 727 g/mol. The number of hydrogen-bond acceptors (Lipinski definition) is 4. The molecule has 0 radical (unpaired) electrons. The van der Waals surface area contributed by atoms with Gasteiger partial charge in [-0.1, -0.05) is 164 Å². The molecule has 0 amide bonds. The summed E-state index contributed by atoms with van der Waals surface area (Å²) in [6.45, 7) is 0. The quantitative estimate of drug-likeness (QED) is 0.160. The van der Waals surface area contributed by atoms with Gasteiger partial charge in [0, 0.05) is 55.0 Å². The van der Waals surface area contributed by atoms with Crippen molar-refractivity contribution in [1.82, 2.24) is 15.0 Å². The number of para-hydroxylation sites is 3. The Labute approximate surface area is 330 Å². The molecule has 57 heavy (non-hydrogen) atoms. The minimum atomic E-state index is 0.898. The van der Waals surface area contributed by atoms with Gasteiger partial charge in [0.2, 0.25) is 0 Å². The Balaban J connectivity index is 1.09. The molecule has 0 saturated carbocycles. The van der Waals surface area contributed by atoms with Crippen molar-refractivity contribution in [2.24, 2.45) is 0 Å². The molecule has 4 heteroatoms. The van der Waals surface area contributed by atoms with Crippen LogP contribution in [0.25, 0.3) is 88.0 Å². The van der Waals surface area contributed by atoms with E-state index in [1.807, 2.05) is 18.2 Å². The van der Waals surface area contributed by atoms with E-state index in [-0.39, 0.29) is 0 Å². The fraction of sp³-hybridized carbons (Fsp3) is 0. The molecule has 0 N–H and O–H groups in total. The average Bonchev–Trinajstić information content (AvgIpc) is 3.29. The number of pyridine rings is 3. The van der Waals surface area contributed by atoms with Gasteiger partial charge in [0.05, 0.1) is 39.3 Å². The molecule has 8 aromatic carbocycles. The van der Waals surface area contributed by atoms with E-state index in [1.54, 1.807) is 0 Å². The summed E-state index contributed by atoms with van der Waals surface area (Å²) in [5.41, 5.74) is 11.9. The largest absolute Gasteiger partial charge is 0.308 e. The summed E-state index contributed by atoms with van der Waals surface area (Å²) in [5.74, 6) is 0. The van der Waals surface area contributed by atoms with Crippen LogP contribution in [0.15, 0.2) is 206 Å². The van der Waals surface area contributed by atoms with Crippen molar-refractivity contribution in [3.63, 3.8) is 0 Å². The fourth-order valence-corrected chi connectivity index (χ4v) is 8.26. The van der Waals surface area contributed by atoms with Crippen LogP contribution < -0.4 is 4.90 Å². The summed E-state index contributed by atoms with van der Waals surface area (Å²) in [6, 6.07) is 72.5. The van der Waals surface area contributed by atoms with Crippen LogP contribution >= 0.6 is 0 Å². The van der Waals surface area contributed by atoms with E-state index in [9.17, 15) is 0 Å². The van der Waals surface area contributed by atoms with Crippen molar-refractivity contribution in [2.75, 3.05) is 4.90 Å². The van der Waals surface area contributed by atoms with Crippen molar-refractivity contribution in [3.8, 4) is 33.8 Å². The molecule has 0 unspecified atom stereocenters. The zero-order valence-corrected chi connectivity index (χ0v) is 30.9. The number of fused-ring (bicyclic) bond motifs is 8. The third-order valence-electron chi connectivity index (χ3n) is 11.0. The lowest BCUT2D eigenvalue weighted by atomic mass is 9.94. The van der Waals surface area contributed by atoms with Crippen molar-refractivity contribution in [1.29, 1.82) is 0 Å². The Kier molecular flexibility index (Phi) is 7.78. The lowest BCUT2D eigenvalue weighted by molar-refractivity contribution is 1.28. The molecule has 11 rings (SSSR count). The van der Waals surface area contributed by atoms with Gasteiger partial charge in [-0.25, -0.2) is 15.0 Å². The van der Waals surface area contributed by atoms with Gasteiger partial charge in [-0.15, -0.1) is 0 Å². The molecule has 3 aromatic heterocycles. The summed E-state index contributed by atoms with van der Waals surface area (Å²) in [6.07, 6.45) is 0. The molecule has 0 aliphatic heterocycles. The molecule has 0 fully saturated rings. The SMILES string of the molecule is c1ccc(-c2ccc3ccc4ccc(-c5ccc(-c6nc7c(N(c8ccccc8)c8ccccc8)cccc7c7c6ccc6ccccc67)cc5)nc4c3n2)cc1. The van der Waals surface area contributed by atoms with E-state index in [2.05, 4.69) is 193 Å². The van der Waals surface area contributed by atoms with E-state index < -0.39 is 0 Å². The Morgan fingerprint density at radius 1 is 0.298 bits per heavy atom. The Bertz CT molecular complexity index is 3230. The highest BCUT2D eigenvalue weighted by Crippen LogP contribution is 2.43. The molecule has 0 spiro atoms. The number of hydrogen-bond donors (Lipinski definition) is 0. The van der Waals surface area contributed by atoms with Crippen molar-refractivity contribution >= 4 is 71.3 Å². The maximum Gasteiger partial charge on any atom is 0.0972 e. The van der Waals surface area contributed by atoms with E-state index in [1.165, 1.54) is 16.2 Å². The van der Waals surface area contributed by atoms with Gasteiger partial charge in [0.25, 0.3) is 0 Å². The minimum Gasteiger partial charge on any atom is -0.308 e. The van der Waals surface area contributed by atoms with Gasteiger partial charge in [0.1, 0.15) is 0 Å². The van der Waals surface area contributed by atoms with Crippen LogP contribution in [-0.4, -0.2) is 15.0 Å². The van der Waals surface area contributed by atoms with Crippen LogP contribution in [0.1, 0.15) is 0 Å². The molecular formula is C53H34N4. The zero-order valence-electron chi connectivity index (χ0n) is 30.9. The van der Waals surface area contributed by atoms with E-state index in [4.69, 9.17) is 15.0 Å². The summed E-state index contributed by atoms with van der Waals surface area (Å²) in [5, 5.41) is 7.98. The molecule has 0 atom stereocenters. The summed E-state index contributed by atoms with van der Waals surface area (Å²) < 4.78 is 0. The molecule has 266 valence electrons. The number of nitrogens with zero attached hydrogens (tertiary/aromatic N) is 4. The number of rotatable bonds is 6. The van der Waals surface area contributed by atoms with Crippen LogP contribution in [0.2, 0.25) is 0 Å². The third-order valence-corrected chi connectivity index (χ3v) is 11.0. The number of anilines is 3. The first-order valence-electron chi connectivity index (χ1n) is 19.3. The first kappa shape index (κ1) is 32.7. The van der Waals surface area contributed by atoms with E-state index in [0.29, 0.717) is 0 Å². The second-order valence-corrected chi connectivity index (χ2v) is 14.4. The summed E-state index contributed by atoms with van der Waals surface area (Å²) >= 11 is 0. The second-order valence-electron chi connectivity index (χ2n) is 14.4. The first-order chi connectivity index (χ1) is 28.3. The molecule has 0 saturated heterocycles. The smallest absolute Gasteiger partial charge is 0.0972 e. The second kappa shape index (κ2) is 13.6. The van der Waals surface area contributed by atoms with Crippen LogP contribution in [0.4, 0.5) is 17.1 Å². The maximum atomic E-state index is 5.60. The molecule has 0 aliphatic rings. The summed E-state index contributed by atoms with van der Waals surface area (Å²) in [4.78, 5) is 18.3. The zero-order chi connectivity index (χ0) is 37.7. The number of benzene rings is 8. The van der Waals surface area contributed by atoms with Gasteiger partial charge in [-0.05, 0) is 53.2 Å². The summed E-state index contributed by atoms with van der Waals surface area (Å²) in [7, 11) is 0. The lowest BCUT2D eigenvalue weighted by Gasteiger charge is -2.27. The van der Waals surface area contributed by atoms with Crippen LogP contribution in [-0.2, 0) is 0 Å². The molecule has 11 aromatic rings. The lowest BCUT2D eigenvalue weighted by Crippen LogP contribution is -2.11. The molecule has 3 heterocycles. The van der Waals surface area contributed by atoms with Gasteiger partial charge in [-0.2, -0.15) is 0 Å². The Morgan fingerprint density at radius 2 is 0.807 bits per heavy atom. The topological polar surface area (TPSA) is 41.9 Å². The van der Waals surface area contributed by atoms with Crippen molar-refractivity contribution in [3.05, 3.63) is 206 Å². The highest BCUT2D eigenvalue weighted by Gasteiger charge is 2.20. The predicted molar refractivity (Wildman–Crippen MR) is 238 cm³/mol. The first-order valence-corrected chi connectivity index (χ1v) is 19.3. The monoisotopic (exact) mass is 726 g/mol. The van der Waals surface area contributed by atoms with Crippen LogP contribution in [0.3, 0.4) is 0 Å². The van der Waals surface area contributed by atoms with Gasteiger partial charge in [-0.3, -0.25) is 0 Å².